The highest BCUT2D eigenvalue weighted by Crippen LogP contribution is 2.13. The van der Waals surface area contributed by atoms with Crippen molar-refractivity contribution in [3.05, 3.63) is 83.1 Å². The van der Waals surface area contributed by atoms with E-state index in [4.69, 9.17) is 9.21 Å². The largest absolute Gasteiger partial charge is 0.418 e. The number of nitrogens with one attached hydrogen (secondary N) is 1. The van der Waals surface area contributed by atoms with E-state index in [-0.39, 0.29) is 17.7 Å². The quantitative estimate of drug-likeness (QED) is 0.605. The Balaban J connectivity index is 0.00000136. The molecule has 2 aromatic carbocycles. The van der Waals surface area contributed by atoms with Crippen molar-refractivity contribution in [3.8, 4) is 0 Å². The molecule has 1 N–H and O–H groups in total. The molecule has 146 valence electrons. The Labute approximate surface area is 165 Å². The first-order valence-electron chi connectivity index (χ1n) is 9.08. The van der Waals surface area contributed by atoms with Crippen molar-refractivity contribution < 1.29 is 14.0 Å². The zero-order valence-corrected chi connectivity index (χ0v) is 16.2. The van der Waals surface area contributed by atoms with E-state index in [1.807, 2.05) is 50.1 Å². The highest BCUT2D eigenvalue weighted by Gasteiger charge is 2.23. The van der Waals surface area contributed by atoms with Gasteiger partial charge in [0.15, 0.2) is 0 Å². The minimum Gasteiger partial charge on any atom is -0.418 e. The lowest BCUT2D eigenvalue weighted by Crippen LogP contribution is -2.34. The molecule has 6 heteroatoms. The lowest BCUT2D eigenvalue weighted by molar-refractivity contribution is -0.0980. The lowest BCUT2D eigenvalue weighted by atomic mass is 10.0. The second-order valence-corrected chi connectivity index (χ2v) is 6.40. The van der Waals surface area contributed by atoms with Gasteiger partial charge in [-0.25, -0.2) is 0 Å². The average Bonchev–Trinajstić information content (AvgIpc) is 3.19. The van der Waals surface area contributed by atoms with Gasteiger partial charge in [-0.15, -0.1) is 10.2 Å². The number of benzene rings is 2. The van der Waals surface area contributed by atoms with Gasteiger partial charge in [0.05, 0.1) is 12.5 Å². The Bertz CT molecular complexity index is 877. The van der Waals surface area contributed by atoms with Crippen molar-refractivity contribution in [2.75, 3.05) is 7.05 Å². The van der Waals surface area contributed by atoms with Gasteiger partial charge in [0.2, 0.25) is 11.7 Å². The normalized spacial score (nSPS) is 11.4. The van der Waals surface area contributed by atoms with Crippen LogP contribution in [0, 0.1) is 6.92 Å². The number of rotatable bonds is 8. The predicted octanol–water partition coefficient (Wildman–Crippen LogP) is 3.19. The molecule has 1 atom stereocenters. The van der Waals surface area contributed by atoms with Crippen molar-refractivity contribution in [1.29, 1.82) is 0 Å². The van der Waals surface area contributed by atoms with Crippen molar-refractivity contribution >= 4 is 12.6 Å². The molecule has 3 rings (SSSR count). The fraction of sp³-hybridized carbons (Fsp3) is 0.273. The number of likely N-dealkylation sites (N-methyl/N-ethyl adjacent to an activating group) is 1. The fourth-order valence-electron chi connectivity index (χ4n) is 2.93. The SMILES string of the molecule is C=O.CNC(CCc1ccccc1)C(=O)c1nnc(Cc2cccc(C)c2)o1. The zero-order valence-electron chi connectivity index (χ0n) is 16.2. The molecule has 1 aromatic heterocycles. The van der Waals surface area contributed by atoms with E-state index in [0.29, 0.717) is 18.7 Å². The Morgan fingerprint density at radius 1 is 1.07 bits per heavy atom. The van der Waals surface area contributed by atoms with Crippen molar-refractivity contribution in [3.63, 3.8) is 0 Å². The summed E-state index contributed by atoms with van der Waals surface area (Å²) in [7, 11) is 1.78. The summed E-state index contributed by atoms with van der Waals surface area (Å²) in [5, 5.41) is 11.0. The molecule has 3 aromatic rings. The van der Waals surface area contributed by atoms with Crippen molar-refractivity contribution in [2.24, 2.45) is 0 Å². The van der Waals surface area contributed by atoms with Gasteiger partial charge in [-0.05, 0) is 37.9 Å². The molecule has 0 saturated heterocycles. The summed E-state index contributed by atoms with van der Waals surface area (Å²) in [5.41, 5.74) is 3.46. The van der Waals surface area contributed by atoms with Crippen LogP contribution in [0.4, 0.5) is 0 Å². The molecular formula is C22H25N3O3. The molecular weight excluding hydrogens is 354 g/mol. The van der Waals surface area contributed by atoms with E-state index in [2.05, 4.69) is 33.7 Å². The highest BCUT2D eigenvalue weighted by molar-refractivity contribution is 5.96. The molecule has 0 aliphatic rings. The number of carbonyl (C=O) groups excluding carboxylic acids is 2. The van der Waals surface area contributed by atoms with E-state index in [0.717, 1.165) is 12.0 Å². The van der Waals surface area contributed by atoms with Gasteiger partial charge in [0, 0.05) is 0 Å². The van der Waals surface area contributed by atoms with Gasteiger partial charge < -0.3 is 14.5 Å². The molecule has 28 heavy (non-hydrogen) atoms. The minimum absolute atomic E-state index is 0.0695. The van der Waals surface area contributed by atoms with Crippen LogP contribution in [-0.4, -0.2) is 35.9 Å². The third kappa shape index (κ3) is 5.96. The van der Waals surface area contributed by atoms with Gasteiger partial charge in [0.1, 0.15) is 6.79 Å². The van der Waals surface area contributed by atoms with E-state index in [9.17, 15) is 4.79 Å². The summed E-state index contributed by atoms with van der Waals surface area (Å²) < 4.78 is 5.61. The van der Waals surface area contributed by atoms with E-state index in [1.54, 1.807) is 7.05 Å². The van der Waals surface area contributed by atoms with Crippen LogP contribution in [0.15, 0.2) is 59.0 Å². The Kier molecular flexibility index (Phi) is 8.24. The number of hydrogen-bond acceptors (Lipinski definition) is 6. The van der Waals surface area contributed by atoms with Crippen LogP contribution in [0.3, 0.4) is 0 Å². The summed E-state index contributed by atoms with van der Waals surface area (Å²) >= 11 is 0. The number of carbonyl (C=O) groups is 2. The first-order valence-corrected chi connectivity index (χ1v) is 9.08. The van der Waals surface area contributed by atoms with E-state index in [1.165, 1.54) is 11.1 Å². The molecule has 0 aliphatic heterocycles. The van der Waals surface area contributed by atoms with Crippen LogP contribution in [-0.2, 0) is 17.6 Å². The molecule has 1 unspecified atom stereocenters. The standard InChI is InChI=1S/C21H23N3O2.CH2O/c1-15-7-6-10-17(13-15)14-19-23-24-21(26-19)20(25)18(22-2)12-11-16-8-4-3-5-9-16;1-2/h3-10,13,18,22H,11-12,14H2,1-2H3;1H2. The minimum atomic E-state index is -0.345. The summed E-state index contributed by atoms with van der Waals surface area (Å²) in [6.45, 7) is 4.04. The smallest absolute Gasteiger partial charge is 0.285 e. The molecule has 0 bridgehead atoms. The highest BCUT2D eigenvalue weighted by atomic mass is 16.4. The molecule has 0 aliphatic carbocycles. The first kappa shape index (κ1) is 21.2. The third-order valence-electron chi connectivity index (χ3n) is 4.34. The lowest BCUT2D eigenvalue weighted by Gasteiger charge is -2.12. The molecule has 0 amide bonds. The van der Waals surface area contributed by atoms with Crippen LogP contribution in [0.1, 0.15) is 39.7 Å². The number of ketones is 1. The van der Waals surface area contributed by atoms with Gasteiger partial charge in [-0.1, -0.05) is 60.2 Å². The summed E-state index contributed by atoms with van der Waals surface area (Å²) in [6.07, 6.45) is 2.01. The molecule has 6 nitrogen and oxygen atoms in total. The number of aryl methyl sites for hydroxylation is 2. The Morgan fingerprint density at radius 3 is 2.46 bits per heavy atom. The van der Waals surface area contributed by atoms with Crippen LogP contribution >= 0.6 is 0 Å². The third-order valence-corrected chi connectivity index (χ3v) is 4.34. The Morgan fingerprint density at radius 2 is 1.79 bits per heavy atom. The van der Waals surface area contributed by atoms with Crippen molar-refractivity contribution in [1.82, 2.24) is 15.5 Å². The average molecular weight is 379 g/mol. The molecule has 0 spiro atoms. The van der Waals surface area contributed by atoms with Crippen LogP contribution in [0.5, 0.6) is 0 Å². The summed E-state index contributed by atoms with van der Waals surface area (Å²) in [5.74, 6) is 0.364. The molecule has 0 saturated carbocycles. The van der Waals surface area contributed by atoms with Gasteiger partial charge in [-0.2, -0.15) is 0 Å². The predicted molar refractivity (Wildman–Crippen MR) is 107 cm³/mol. The van der Waals surface area contributed by atoms with Gasteiger partial charge in [0.25, 0.3) is 5.89 Å². The number of Topliss-reactive ketones (excluding diaryl/α,β-unsaturated/α-hetero) is 1. The van der Waals surface area contributed by atoms with E-state index >= 15 is 0 Å². The fourth-order valence-corrected chi connectivity index (χ4v) is 2.93. The molecule has 0 fully saturated rings. The zero-order chi connectivity index (χ0) is 20.4. The second-order valence-electron chi connectivity index (χ2n) is 6.40. The second kappa shape index (κ2) is 10.9. The topological polar surface area (TPSA) is 85.1 Å². The Hall–Kier alpha value is -3.12. The van der Waals surface area contributed by atoms with Gasteiger partial charge >= 0.3 is 0 Å². The molecule has 1 heterocycles. The van der Waals surface area contributed by atoms with Crippen LogP contribution < -0.4 is 5.32 Å². The van der Waals surface area contributed by atoms with Crippen LogP contribution in [0.2, 0.25) is 0 Å². The summed E-state index contributed by atoms with van der Waals surface area (Å²) in [6, 6.07) is 17.9. The van der Waals surface area contributed by atoms with Crippen molar-refractivity contribution in [2.45, 2.75) is 32.2 Å². The number of hydrogen-bond donors (Lipinski definition) is 1. The molecule has 0 radical (unpaired) electrons. The van der Waals surface area contributed by atoms with E-state index < -0.39 is 0 Å². The first-order chi connectivity index (χ1) is 13.7. The maximum absolute atomic E-state index is 12.7. The number of aromatic nitrogens is 2. The maximum atomic E-state index is 12.7. The monoisotopic (exact) mass is 379 g/mol. The number of nitrogens with zero attached hydrogens (tertiary/aromatic N) is 2. The van der Waals surface area contributed by atoms with Crippen LogP contribution in [0.25, 0.3) is 0 Å². The maximum Gasteiger partial charge on any atom is 0.285 e. The van der Waals surface area contributed by atoms with Gasteiger partial charge in [-0.3, -0.25) is 4.79 Å². The summed E-state index contributed by atoms with van der Waals surface area (Å²) in [4.78, 5) is 20.7.